The highest BCUT2D eigenvalue weighted by Crippen LogP contribution is 2.22. The van der Waals surface area contributed by atoms with Crippen molar-refractivity contribution in [2.24, 2.45) is 0 Å². The number of hydrogen-bond acceptors (Lipinski definition) is 4. The smallest absolute Gasteiger partial charge is 0.257 e. The molecule has 1 aromatic carbocycles. The van der Waals surface area contributed by atoms with Gasteiger partial charge in [0.25, 0.3) is 5.91 Å². The first-order valence-electron chi connectivity index (χ1n) is 7.91. The summed E-state index contributed by atoms with van der Waals surface area (Å²) in [5.41, 5.74) is 0.531. The minimum absolute atomic E-state index is 0.130. The molecule has 1 aliphatic heterocycles. The van der Waals surface area contributed by atoms with Crippen LogP contribution in [0.15, 0.2) is 39.6 Å². The fourth-order valence-corrected chi connectivity index (χ4v) is 4.65. The van der Waals surface area contributed by atoms with Crippen molar-refractivity contribution in [3.63, 3.8) is 0 Å². The fourth-order valence-electron chi connectivity index (χ4n) is 2.92. The van der Waals surface area contributed by atoms with Gasteiger partial charge in [-0.15, -0.1) is 0 Å². The third kappa shape index (κ3) is 3.58. The molecule has 0 aliphatic carbocycles. The highest BCUT2D eigenvalue weighted by molar-refractivity contribution is 7.89. The van der Waals surface area contributed by atoms with Crippen molar-refractivity contribution < 1.29 is 17.6 Å². The molecular formula is C17H19ClN2O4S. The topological polar surface area (TPSA) is 70.8 Å². The van der Waals surface area contributed by atoms with Crippen LogP contribution in [0.2, 0.25) is 5.02 Å². The van der Waals surface area contributed by atoms with E-state index in [1.54, 1.807) is 36.9 Å². The van der Waals surface area contributed by atoms with E-state index in [1.807, 2.05) is 0 Å². The Morgan fingerprint density at radius 3 is 2.36 bits per heavy atom. The first-order valence-corrected chi connectivity index (χ1v) is 9.73. The number of furan rings is 1. The van der Waals surface area contributed by atoms with Crippen LogP contribution in [-0.2, 0) is 10.0 Å². The molecule has 0 spiro atoms. The number of piperazine rings is 1. The normalized spacial score (nSPS) is 16.2. The van der Waals surface area contributed by atoms with Crippen molar-refractivity contribution in [1.29, 1.82) is 0 Å². The van der Waals surface area contributed by atoms with Gasteiger partial charge in [-0.25, -0.2) is 8.42 Å². The third-order valence-corrected chi connectivity index (χ3v) is 6.36. The van der Waals surface area contributed by atoms with Crippen LogP contribution < -0.4 is 0 Å². The summed E-state index contributed by atoms with van der Waals surface area (Å²) in [6, 6.07) is 7.92. The monoisotopic (exact) mass is 382 g/mol. The lowest BCUT2D eigenvalue weighted by Crippen LogP contribution is -2.50. The van der Waals surface area contributed by atoms with E-state index in [4.69, 9.17) is 16.0 Å². The molecule has 0 atom stereocenters. The predicted molar refractivity (Wildman–Crippen MR) is 94.3 cm³/mol. The van der Waals surface area contributed by atoms with Gasteiger partial charge in [0.1, 0.15) is 11.5 Å². The number of carbonyl (C=O) groups is 1. The number of aryl methyl sites for hydroxylation is 2. The molecule has 1 saturated heterocycles. The van der Waals surface area contributed by atoms with Crippen molar-refractivity contribution in [2.45, 2.75) is 18.7 Å². The predicted octanol–water partition coefficient (Wildman–Crippen LogP) is 2.70. The maximum atomic E-state index is 12.7. The summed E-state index contributed by atoms with van der Waals surface area (Å²) in [5.74, 6) is 1.13. The van der Waals surface area contributed by atoms with Gasteiger partial charge in [0.05, 0.1) is 10.5 Å². The zero-order valence-corrected chi connectivity index (χ0v) is 15.6. The highest BCUT2D eigenvalue weighted by atomic mass is 35.5. The highest BCUT2D eigenvalue weighted by Gasteiger charge is 2.31. The second-order valence-electron chi connectivity index (χ2n) is 5.98. The molecule has 8 heteroatoms. The maximum Gasteiger partial charge on any atom is 0.257 e. The molecule has 1 aliphatic rings. The van der Waals surface area contributed by atoms with Crippen LogP contribution >= 0.6 is 11.6 Å². The van der Waals surface area contributed by atoms with Crippen LogP contribution in [0.4, 0.5) is 0 Å². The number of carbonyl (C=O) groups excluding carboxylic acids is 1. The summed E-state index contributed by atoms with van der Waals surface area (Å²) in [5, 5.41) is 0.376. The average molecular weight is 383 g/mol. The van der Waals surface area contributed by atoms with E-state index in [0.717, 1.165) is 0 Å². The van der Waals surface area contributed by atoms with Crippen molar-refractivity contribution >= 4 is 27.5 Å². The number of benzene rings is 1. The standard InChI is InChI=1S/C17H19ClN2O4S/c1-12-10-16(13(2)24-12)17(21)19-6-8-20(9-7-19)25(22,23)15-5-3-4-14(18)11-15/h3-5,10-11H,6-9H2,1-2H3. The van der Waals surface area contributed by atoms with Crippen molar-refractivity contribution in [3.8, 4) is 0 Å². The molecule has 1 aromatic heterocycles. The van der Waals surface area contributed by atoms with Gasteiger partial charge in [-0.2, -0.15) is 4.31 Å². The van der Waals surface area contributed by atoms with E-state index in [1.165, 1.54) is 16.4 Å². The second kappa shape index (κ2) is 6.82. The van der Waals surface area contributed by atoms with E-state index in [0.29, 0.717) is 35.2 Å². The Bertz CT molecular complexity index is 899. The average Bonchev–Trinajstić information content (AvgIpc) is 2.92. The molecule has 0 saturated carbocycles. The Kier molecular flexibility index (Phi) is 4.90. The number of rotatable bonds is 3. The van der Waals surface area contributed by atoms with Crippen LogP contribution in [0, 0.1) is 13.8 Å². The molecule has 0 radical (unpaired) electrons. The Morgan fingerprint density at radius 1 is 1.12 bits per heavy atom. The van der Waals surface area contributed by atoms with Gasteiger partial charge in [0, 0.05) is 31.2 Å². The lowest BCUT2D eigenvalue weighted by molar-refractivity contribution is 0.0696. The number of sulfonamides is 1. The van der Waals surface area contributed by atoms with Gasteiger partial charge in [-0.3, -0.25) is 4.79 Å². The van der Waals surface area contributed by atoms with Gasteiger partial charge in [0.15, 0.2) is 0 Å². The van der Waals surface area contributed by atoms with Crippen molar-refractivity contribution in [1.82, 2.24) is 9.21 Å². The second-order valence-corrected chi connectivity index (χ2v) is 8.35. The van der Waals surface area contributed by atoms with Gasteiger partial charge >= 0.3 is 0 Å². The van der Waals surface area contributed by atoms with Gasteiger partial charge in [0.2, 0.25) is 10.0 Å². The lowest BCUT2D eigenvalue weighted by Gasteiger charge is -2.34. The molecule has 1 amide bonds. The molecule has 6 nitrogen and oxygen atoms in total. The Morgan fingerprint density at radius 2 is 1.80 bits per heavy atom. The lowest BCUT2D eigenvalue weighted by atomic mass is 10.2. The number of halogens is 1. The number of nitrogens with zero attached hydrogens (tertiary/aromatic N) is 2. The molecule has 25 heavy (non-hydrogen) atoms. The zero-order chi connectivity index (χ0) is 18.2. The maximum absolute atomic E-state index is 12.7. The van der Waals surface area contributed by atoms with E-state index in [9.17, 15) is 13.2 Å². The van der Waals surface area contributed by atoms with E-state index in [-0.39, 0.29) is 23.9 Å². The third-order valence-electron chi connectivity index (χ3n) is 4.23. The molecule has 134 valence electrons. The largest absolute Gasteiger partial charge is 0.466 e. The summed E-state index contributed by atoms with van der Waals surface area (Å²) < 4.78 is 32.2. The van der Waals surface area contributed by atoms with Crippen LogP contribution in [-0.4, -0.2) is 49.7 Å². The van der Waals surface area contributed by atoms with E-state index in [2.05, 4.69) is 0 Å². The van der Waals surface area contributed by atoms with Crippen LogP contribution in [0.1, 0.15) is 21.9 Å². The minimum Gasteiger partial charge on any atom is -0.466 e. The molecule has 2 aromatic rings. The van der Waals surface area contributed by atoms with Crippen LogP contribution in [0.25, 0.3) is 0 Å². The molecule has 0 N–H and O–H groups in total. The first-order chi connectivity index (χ1) is 11.8. The van der Waals surface area contributed by atoms with Gasteiger partial charge in [-0.05, 0) is 38.1 Å². The fraction of sp³-hybridized carbons (Fsp3) is 0.353. The quantitative estimate of drug-likeness (QED) is 0.818. The summed E-state index contributed by atoms with van der Waals surface area (Å²) in [6.45, 7) is 4.71. The van der Waals surface area contributed by atoms with E-state index >= 15 is 0 Å². The molecule has 0 unspecified atom stereocenters. The number of amides is 1. The van der Waals surface area contributed by atoms with Crippen molar-refractivity contribution in [2.75, 3.05) is 26.2 Å². The van der Waals surface area contributed by atoms with Crippen LogP contribution in [0.3, 0.4) is 0 Å². The summed E-state index contributed by atoms with van der Waals surface area (Å²) in [7, 11) is -3.61. The zero-order valence-electron chi connectivity index (χ0n) is 14.0. The SMILES string of the molecule is Cc1cc(C(=O)N2CCN(S(=O)(=O)c3cccc(Cl)c3)CC2)c(C)o1. The van der Waals surface area contributed by atoms with E-state index < -0.39 is 10.0 Å². The molecule has 1 fully saturated rings. The summed E-state index contributed by atoms with van der Waals surface area (Å²) >= 11 is 5.89. The van der Waals surface area contributed by atoms with Gasteiger partial charge in [-0.1, -0.05) is 17.7 Å². The van der Waals surface area contributed by atoms with Crippen LogP contribution in [0.5, 0.6) is 0 Å². The van der Waals surface area contributed by atoms with Crippen molar-refractivity contribution in [3.05, 3.63) is 52.4 Å². The molecule has 2 heterocycles. The Labute approximate surface area is 152 Å². The molecular weight excluding hydrogens is 364 g/mol. The van der Waals surface area contributed by atoms with Gasteiger partial charge < -0.3 is 9.32 Å². The molecule has 3 rings (SSSR count). The first kappa shape index (κ1) is 18.0. The minimum atomic E-state index is -3.61. The molecule has 0 bridgehead atoms. The number of hydrogen-bond donors (Lipinski definition) is 0. The Balaban J connectivity index is 1.71. The summed E-state index contributed by atoms with van der Waals surface area (Å²) in [6.07, 6.45) is 0. The Hall–Kier alpha value is -1.83. The summed E-state index contributed by atoms with van der Waals surface area (Å²) in [4.78, 5) is 14.4.